The quantitative estimate of drug-likeness (QED) is 0.525. The Hall–Kier alpha value is -2.62. The summed E-state index contributed by atoms with van der Waals surface area (Å²) in [7, 11) is 1.78. The van der Waals surface area contributed by atoms with Gasteiger partial charge in [-0.05, 0) is 29.8 Å². The maximum Gasteiger partial charge on any atom is 0.573 e. The van der Waals surface area contributed by atoms with Gasteiger partial charge < -0.3 is 4.74 Å². The molecule has 0 atom stereocenters. The lowest BCUT2D eigenvalue weighted by molar-refractivity contribution is -0.274. The maximum absolute atomic E-state index is 12.2. The van der Waals surface area contributed by atoms with Crippen LogP contribution in [-0.2, 0) is 6.54 Å². The minimum atomic E-state index is -4.72. The van der Waals surface area contributed by atoms with E-state index in [9.17, 15) is 13.2 Å². The Morgan fingerprint density at radius 2 is 1.70 bits per heavy atom. The SMILES string of the molecule is CN(N)Cc1ccc(-c2ncn(-c3ccc(OC(F)(F)F)cc3)n2)cc1.Cl. The molecule has 27 heavy (non-hydrogen) atoms. The van der Waals surface area contributed by atoms with Crippen molar-refractivity contribution in [3.8, 4) is 22.8 Å². The van der Waals surface area contributed by atoms with Crippen molar-refractivity contribution in [3.63, 3.8) is 0 Å². The van der Waals surface area contributed by atoms with Crippen LogP contribution in [-0.4, -0.2) is 33.2 Å². The molecule has 3 aromatic rings. The fourth-order valence-corrected chi connectivity index (χ4v) is 2.37. The minimum absolute atomic E-state index is 0. The predicted octanol–water partition coefficient (Wildman–Crippen LogP) is 3.56. The number of hydrogen-bond donors (Lipinski definition) is 1. The third-order valence-electron chi connectivity index (χ3n) is 3.47. The summed E-state index contributed by atoms with van der Waals surface area (Å²) in [5.41, 5.74) is 2.45. The summed E-state index contributed by atoms with van der Waals surface area (Å²) in [6.07, 6.45) is -3.22. The summed E-state index contributed by atoms with van der Waals surface area (Å²) >= 11 is 0. The van der Waals surface area contributed by atoms with Gasteiger partial charge in [0, 0.05) is 19.2 Å². The highest BCUT2D eigenvalue weighted by Gasteiger charge is 2.30. The van der Waals surface area contributed by atoms with Crippen LogP contribution in [0.3, 0.4) is 0 Å². The van der Waals surface area contributed by atoms with Gasteiger partial charge >= 0.3 is 6.36 Å². The second kappa shape index (κ2) is 8.38. The van der Waals surface area contributed by atoms with Crippen molar-refractivity contribution in [2.24, 2.45) is 5.84 Å². The Kier molecular flexibility index (Phi) is 6.42. The number of hydrogen-bond acceptors (Lipinski definition) is 5. The standard InChI is InChI=1S/C17H16F3N5O.ClH/c1-24(21)10-12-2-4-13(5-3-12)16-22-11-25(23-16)14-6-8-15(9-7-14)26-17(18,19)20;/h2-9,11H,10,21H2,1H3;1H. The molecule has 0 fully saturated rings. The number of benzene rings is 2. The van der Waals surface area contributed by atoms with Gasteiger partial charge in [0.2, 0.25) is 0 Å². The number of nitrogens with zero attached hydrogens (tertiary/aromatic N) is 4. The van der Waals surface area contributed by atoms with E-state index in [2.05, 4.69) is 14.8 Å². The largest absolute Gasteiger partial charge is 0.573 e. The van der Waals surface area contributed by atoms with Crippen LogP contribution in [0.25, 0.3) is 17.1 Å². The molecule has 1 heterocycles. The zero-order valence-corrected chi connectivity index (χ0v) is 15.0. The number of rotatable bonds is 5. The molecule has 2 N–H and O–H groups in total. The molecule has 0 aliphatic carbocycles. The zero-order chi connectivity index (χ0) is 18.7. The molecule has 10 heteroatoms. The first-order valence-electron chi connectivity index (χ1n) is 7.63. The monoisotopic (exact) mass is 399 g/mol. The van der Waals surface area contributed by atoms with Gasteiger partial charge in [-0.2, -0.15) is 0 Å². The summed E-state index contributed by atoms with van der Waals surface area (Å²) in [5, 5.41) is 5.93. The van der Waals surface area contributed by atoms with Gasteiger partial charge in [0.15, 0.2) is 5.82 Å². The third kappa shape index (κ3) is 5.68. The van der Waals surface area contributed by atoms with Crippen LogP contribution in [0.5, 0.6) is 5.75 Å². The van der Waals surface area contributed by atoms with E-state index < -0.39 is 6.36 Å². The van der Waals surface area contributed by atoms with Crippen molar-refractivity contribution in [2.75, 3.05) is 7.05 Å². The van der Waals surface area contributed by atoms with Crippen LogP contribution < -0.4 is 10.6 Å². The molecule has 2 aromatic carbocycles. The molecule has 0 aliphatic heterocycles. The summed E-state index contributed by atoms with van der Waals surface area (Å²) in [5.74, 6) is 5.84. The molecule has 0 saturated carbocycles. The predicted molar refractivity (Wildman–Crippen MR) is 96.4 cm³/mol. The van der Waals surface area contributed by atoms with E-state index in [1.165, 1.54) is 35.3 Å². The molecule has 0 spiro atoms. The second-order valence-corrected chi connectivity index (χ2v) is 5.67. The zero-order valence-electron chi connectivity index (χ0n) is 14.2. The van der Waals surface area contributed by atoms with Crippen molar-refractivity contribution in [2.45, 2.75) is 12.9 Å². The molecular weight excluding hydrogens is 383 g/mol. The fourth-order valence-electron chi connectivity index (χ4n) is 2.37. The van der Waals surface area contributed by atoms with Crippen molar-refractivity contribution in [3.05, 3.63) is 60.4 Å². The topological polar surface area (TPSA) is 69.2 Å². The molecular formula is C17H17ClF3N5O. The van der Waals surface area contributed by atoms with E-state index in [4.69, 9.17) is 5.84 Å². The summed E-state index contributed by atoms with van der Waals surface area (Å²) in [6.45, 7) is 0.620. The summed E-state index contributed by atoms with van der Waals surface area (Å²) < 4.78 is 41.9. The van der Waals surface area contributed by atoms with Crippen molar-refractivity contribution >= 4 is 12.4 Å². The fraction of sp³-hybridized carbons (Fsp3) is 0.176. The highest BCUT2D eigenvalue weighted by Crippen LogP contribution is 2.24. The smallest absolute Gasteiger partial charge is 0.406 e. The van der Waals surface area contributed by atoms with Crippen molar-refractivity contribution < 1.29 is 17.9 Å². The third-order valence-corrected chi connectivity index (χ3v) is 3.47. The number of aromatic nitrogens is 3. The highest BCUT2D eigenvalue weighted by atomic mass is 35.5. The highest BCUT2D eigenvalue weighted by molar-refractivity contribution is 5.85. The lowest BCUT2D eigenvalue weighted by atomic mass is 10.1. The maximum atomic E-state index is 12.2. The molecule has 144 valence electrons. The number of halogens is 4. The van der Waals surface area contributed by atoms with E-state index in [1.54, 1.807) is 12.1 Å². The Balaban J connectivity index is 0.00000261. The van der Waals surface area contributed by atoms with Crippen LogP contribution in [0.15, 0.2) is 54.9 Å². The van der Waals surface area contributed by atoms with Crippen LogP contribution in [0.4, 0.5) is 13.2 Å². The van der Waals surface area contributed by atoms with E-state index >= 15 is 0 Å². The molecule has 0 unspecified atom stereocenters. The molecule has 0 bridgehead atoms. The van der Waals surface area contributed by atoms with Crippen LogP contribution in [0, 0.1) is 0 Å². The van der Waals surface area contributed by atoms with Gasteiger partial charge in [-0.15, -0.1) is 30.7 Å². The van der Waals surface area contributed by atoms with Crippen LogP contribution >= 0.6 is 12.4 Å². The van der Waals surface area contributed by atoms with E-state index in [-0.39, 0.29) is 18.2 Å². The van der Waals surface area contributed by atoms with Gasteiger partial charge in [-0.1, -0.05) is 24.3 Å². The lowest BCUT2D eigenvalue weighted by Gasteiger charge is -2.09. The molecule has 0 amide bonds. The van der Waals surface area contributed by atoms with Crippen molar-refractivity contribution in [1.82, 2.24) is 19.8 Å². The Labute approximate surface area is 159 Å². The number of hydrazine groups is 1. The molecule has 0 radical (unpaired) electrons. The normalized spacial score (nSPS) is 11.3. The van der Waals surface area contributed by atoms with Gasteiger partial charge in [0.1, 0.15) is 12.1 Å². The van der Waals surface area contributed by atoms with Crippen LogP contribution in [0.2, 0.25) is 0 Å². The van der Waals surface area contributed by atoms with E-state index in [0.717, 1.165) is 11.1 Å². The average Bonchev–Trinajstić information content (AvgIpc) is 3.04. The molecule has 3 rings (SSSR count). The summed E-state index contributed by atoms with van der Waals surface area (Å²) in [4.78, 5) is 4.24. The molecule has 1 aromatic heterocycles. The number of ether oxygens (including phenoxy) is 1. The van der Waals surface area contributed by atoms with Gasteiger partial charge in [-0.25, -0.2) is 14.7 Å². The Morgan fingerprint density at radius 3 is 2.26 bits per heavy atom. The van der Waals surface area contributed by atoms with Crippen molar-refractivity contribution in [1.29, 1.82) is 0 Å². The van der Waals surface area contributed by atoms with Crippen LogP contribution in [0.1, 0.15) is 5.56 Å². The van der Waals surface area contributed by atoms with E-state index in [0.29, 0.717) is 18.1 Å². The molecule has 0 aliphatic rings. The Morgan fingerprint density at radius 1 is 1.07 bits per heavy atom. The number of nitrogens with two attached hydrogens (primary N) is 1. The first kappa shape index (κ1) is 20.7. The minimum Gasteiger partial charge on any atom is -0.406 e. The first-order chi connectivity index (χ1) is 12.3. The average molecular weight is 400 g/mol. The van der Waals surface area contributed by atoms with E-state index in [1.807, 2.05) is 24.3 Å². The first-order valence-corrected chi connectivity index (χ1v) is 7.63. The second-order valence-electron chi connectivity index (χ2n) is 5.67. The summed E-state index contributed by atoms with van der Waals surface area (Å²) in [6, 6.07) is 13.0. The lowest BCUT2D eigenvalue weighted by Crippen LogP contribution is -2.24. The van der Waals surface area contributed by atoms with Gasteiger partial charge in [0.05, 0.1) is 5.69 Å². The molecule has 0 saturated heterocycles. The number of alkyl halides is 3. The Bertz CT molecular complexity index is 864. The van der Waals surface area contributed by atoms with Gasteiger partial charge in [-0.3, -0.25) is 5.84 Å². The molecule has 6 nitrogen and oxygen atoms in total. The van der Waals surface area contributed by atoms with Gasteiger partial charge in [0.25, 0.3) is 0 Å².